The summed E-state index contributed by atoms with van der Waals surface area (Å²) < 4.78 is 5.67. The molecule has 2 N–H and O–H groups in total. The second-order valence-electron chi connectivity index (χ2n) is 10.6. The van der Waals surface area contributed by atoms with Gasteiger partial charge in [-0.15, -0.1) is 11.3 Å². The van der Waals surface area contributed by atoms with Gasteiger partial charge in [0, 0.05) is 30.1 Å². The van der Waals surface area contributed by atoms with E-state index in [1.165, 1.54) is 16.2 Å². The van der Waals surface area contributed by atoms with Crippen molar-refractivity contribution in [2.24, 2.45) is 0 Å². The van der Waals surface area contributed by atoms with Gasteiger partial charge in [-0.25, -0.2) is 4.79 Å². The highest BCUT2D eigenvalue weighted by Crippen LogP contribution is 2.41. The fraction of sp³-hybridized carbons (Fsp3) is 0.345. The summed E-state index contributed by atoms with van der Waals surface area (Å²) in [5.41, 5.74) is 8.98. The van der Waals surface area contributed by atoms with Crippen LogP contribution in [0.5, 0.6) is 0 Å². The lowest BCUT2D eigenvalue weighted by Crippen LogP contribution is -2.49. The molecule has 2 aromatic carbocycles. The Bertz CT molecular complexity index is 1340. The Hall–Kier alpha value is -3.49. The van der Waals surface area contributed by atoms with Crippen molar-refractivity contribution in [1.29, 1.82) is 0 Å². The Balaban J connectivity index is 1.51. The first kappa shape index (κ1) is 25.2. The molecule has 37 heavy (non-hydrogen) atoms. The van der Waals surface area contributed by atoms with E-state index in [2.05, 4.69) is 24.0 Å². The van der Waals surface area contributed by atoms with E-state index in [4.69, 9.17) is 10.5 Å². The molecular formula is C29H31N3O4S. The molecule has 5 rings (SSSR count). The van der Waals surface area contributed by atoms with E-state index in [0.29, 0.717) is 34.7 Å². The van der Waals surface area contributed by atoms with Crippen molar-refractivity contribution in [3.63, 3.8) is 0 Å². The van der Waals surface area contributed by atoms with Crippen LogP contribution < -0.4 is 5.73 Å². The van der Waals surface area contributed by atoms with Crippen LogP contribution in [0.3, 0.4) is 0 Å². The molecule has 3 aromatic rings. The number of hydrogen-bond acceptors (Lipinski definition) is 7. The zero-order chi connectivity index (χ0) is 26.5. The molecule has 7 nitrogen and oxygen atoms in total. The third-order valence-corrected chi connectivity index (χ3v) is 8.05. The van der Waals surface area contributed by atoms with Crippen molar-refractivity contribution in [3.05, 3.63) is 87.3 Å². The largest absolute Gasteiger partial charge is 0.456 e. The Kier molecular flexibility index (Phi) is 6.41. The number of nitrogen functional groups attached to an aromatic ring is 1. The van der Waals surface area contributed by atoms with Crippen LogP contribution in [0.25, 0.3) is 0 Å². The Labute approximate surface area is 220 Å². The smallest absolute Gasteiger partial charge is 0.341 e. The molecule has 2 amide bonds. The molecule has 0 bridgehead atoms. The highest BCUT2D eigenvalue weighted by Gasteiger charge is 2.41. The van der Waals surface area contributed by atoms with Gasteiger partial charge in [0.25, 0.3) is 11.8 Å². The number of esters is 1. The van der Waals surface area contributed by atoms with Crippen LogP contribution in [0.15, 0.2) is 54.6 Å². The van der Waals surface area contributed by atoms with Crippen LogP contribution in [0.1, 0.15) is 80.8 Å². The number of amides is 2. The molecule has 0 fully saturated rings. The maximum atomic E-state index is 13.2. The molecule has 2 aliphatic rings. The van der Waals surface area contributed by atoms with E-state index < -0.39 is 11.6 Å². The number of hydrogen-bond donors (Lipinski definition) is 1. The second-order valence-corrected chi connectivity index (χ2v) is 11.8. The van der Waals surface area contributed by atoms with Gasteiger partial charge in [0.05, 0.1) is 16.7 Å². The van der Waals surface area contributed by atoms with Crippen molar-refractivity contribution in [3.8, 4) is 0 Å². The van der Waals surface area contributed by atoms with Gasteiger partial charge in [0.15, 0.2) is 0 Å². The van der Waals surface area contributed by atoms with Crippen LogP contribution in [0, 0.1) is 0 Å². The summed E-state index contributed by atoms with van der Waals surface area (Å²) in [4.78, 5) is 44.2. The number of imide groups is 1. The zero-order valence-electron chi connectivity index (χ0n) is 21.5. The third kappa shape index (κ3) is 4.67. The van der Waals surface area contributed by atoms with Gasteiger partial charge in [-0.05, 0) is 57.4 Å². The summed E-state index contributed by atoms with van der Waals surface area (Å²) in [7, 11) is 0. The van der Waals surface area contributed by atoms with Crippen LogP contribution >= 0.6 is 11.3 Å². The number of nitrogens with zero attached hydrogens (tertiary/aromatic N) is 2. The van der Waals surface area contributed by atoms with Crippen LogP contribution in [0.2, 0.25) is 0 Å². The van der Waals surface area contributed by atoms with Crippen molar-refractivity contribution in [1.82, 2.24) is 9.80 Å². The van der Waals surface area contributed by atoms with E-state index in [1.54, 1.807) is 24.3 Å². The summed E-state index contributed by atoms with van der Waals surface area (Å²) in [6, 6.07) is 16.9. The average molecular weight is 518 g/mol. The van der Waals surface area contributed by atoms with E-state index >= 15 is 0 Å². The number of thiophene rings is 1. The van der Waals surface area contributed by atoms with E-state index in [9.17, 15) is 14.4 Å². The lowest BCUT2D eigenvalue weighted by molar-refractivity contribution is 0.00671. The highest BCUT2D eigenvalue weighted by molar-refractivity contribution is 7.16. The predicted octanol–water partition coefficient (Wildman–Crippen LogP) is 5.07. The summed E-state index contributed by atoms with van der Waals surface area (Å²) >= 11 is 1.41. The molecule has 0 spiro atoms. The number of anilines is 1. The van der Waals surface area contributed by atoms with Gasteiger partial charge in [0.2, 0.25) is 0 Å². The number of carbonyl (C=O) groups excluding carboxylic acids is 3. The quantitative estimate of drug-likeness (QED) is 0.375. The topological polar surface area (TPSA) is 92.9 Å². The summed E-state index contributed by atoms with van der Waals surface area (Å²) in [5.74, 6) is -1.00. The number of benzene rings is 2. The Morgan fingerprint density at radius 1 is 1.05 bits per heavy atom. The monoisotopic (exact) mass is 517 g/mol. The van der Waals surface area contributed by atoms with Crippen molar-refractivity contribution < 1.29 is 19.1 Å². The van der Waals surface area contributed by atoms with Gasteiger partial charge >= 0.3 is 5.97 Å². The SMILES string of the molecule is C[C@@H](c1ccccc1)N1Cc2sc(N)c(C(=O)OC(C)(C)C)c2C[C@H]1CN1C(=O)c2ccccc2C1=O. The van der Waals surface area contributed by atoms with Crippen LogP contribution in [-0.2, 0) is 17.7 Å². The molecule has 0 saturated heterocycles. The lowest BCUT2D eigenvalue weighted by atomic mass is 9.93. The molecule has 1 aromatic heterocycles. The molecule has 3 heterocycles. The average Bonchev–Trinajstić information content (AvgIpc) is 3.31. The third-order valence-electron chi connectivity index (χ3n) is 7.01. The minimum absolute atomic E-state index is 0.0165. The fourth-order valence-corrected chi connectivity index (χ4v) is 6.34. The minimum Gasteiger partial charge on any atom is -0.456 e. The molecule has 0 saturated carbocycles. The van der Waals surface area contributed by atoms with Gasteiger partial charge in [-0.2, -0.15) is 0 Å². The molecule has 2 atom stereocenters. The van der Waals surface area contributed by atoms with Crippen LogP contribution in [-0.4, -0.2) is 45.8 Å². The number of ether oxygens (including phenoxy) is 1. The Morgan fingerprint density at radius 3 is 2.24 bits per heavy atom. The molecule has 192 valence electrons. The van der Waals surface area contributed by atoms with Gasteiger partial charge in [-0.1, -0.05) is 42.5 Å². The molecule has 2 aliphatic heterocycles. The molecular weight excluding hydrogens is 486 g/mol. The number of fused-ring (bicyclic) bond motifs is 2. The van der Waals surface area contributed by atoms with Crippen molar-refractivity contribution in [2.75, 3.05) is 12.3 Å². The normalized spacial score (nSPS) is 18.5. The minimum atomic E-state index is -0.652. The molecule has 0 radical (unpaired) electrons. The highest BCUT2D eigenvalue weighted by atomic mass is 32.1. The van der Waals surface area contributed by atoms with E-state index in [0.717, 1.165) is 16.0 Å². The maximum absolute atomic E-state index is 13.2. The van der Waals surface area contributed by atoms with Gasteiger partial charge < -0.3 is 10.5 Å². The van der Waals surface area contributed by atoms with Gasteiger partial charge in [0.1, 0.15) is 10.6 Å². The molecule has 0 unspecified atom stereocenters. The summed E-state index contributed by atoms with van der Waals surface area (Å²) in [6.07, 6.45) is 0.474. The Morgan fingerprint density at radius 2 is 1.65 bits per heavy atom. The zero-order valence-corrected chi connectivity index (χ0v) is 22.3. The predicted molar refractivity (Wildman–Crippen MR) is 144 cm³/mol. The number of nitrogens with two attached hydrogens (primary N) is 1. The fourth-order valence-electron chi connectivity index (χ4n) is 5.24. The van der Waals surface area contributed by atoms with Crippen molar-refractivity contribution in [2.45, 2.75) is 58.3 Å². The first-order chi connectivity index (χ1) is 17.5. The van der Waals surface area contributed by atoms with E-state index in [1.807, 2.05) is 39.0 Å². The summed E-state index contributed by atoms with van der Waals surface area (Å²) in [6.45, 7) is 8.38. The standard InChI is InChI=1S/C29H31N3O4S/c1-17(18-10-6-5-7-11-18)31-16-23-22(24(25(30)37-23)28(35)36-29(2,3)4)14-19(31)15-32-26(33)20-12-8-9-13-21(20)27(32)34/h5-13,17,19H,14-16,30H2,1-4H3/t17-,19-/m0/s1. The second kappa shape index (κ2) is 9.43. The number of rotatable bonds is 5. The molecule has 0 aliphatic carbocycles. The van der Waals surface area contributed by atoms with Gasteiger partial charge in [-0.3, -0.25) is 19.4 Å². The lowest BCUT2D eigenvalue weighted by Gasteiger charge is -2.41. The van der Waals surface area contributed by atoms with Crippen LogP contribution in [0.4, 0.5) is 5.00 Å². The molecule has 8 heteroatoms. The maximum Gasteiger partial charge on any atom is 0.341 e. The van der Waals surface area contributed by atoms with E-state index in [-0.39, 0.29) is 30.4 Å². The first-order valence-corrected chi connectivity index (χ1v) is 13.3. The van der Waals surface area contributed by atoms with Crippen molar-refractivity contribution >= 4 is 34.1 Å². The summed E-state index contributed by atoms with van der Waals surface area (Å²) in [5, 5.41) is 0.438. The number of carbonyl (C=O) groups is 3. The first-order valence-electron chi connectivity index (χ1n) is 12.4.